The highest BCUT2D eigenvalue weighted by molar-refractivity contribution is 5.94. The van der Waals surface area contributed by atoms with E-state index in [9.17, 15) is 4.79 Å². The lowest BCUT2D eigenvalue weighted by atomic mass is 9.88. The largest absolute Gasteiger partial charge is 0.495 e. The number of hydrogen-bond acceptors (Lipinski definition) is 2. The second-order valence-corrected chi connectivity index (χ2v) is 5.97. The molecule has 1 aromatic rings. The number of ether oxygens (including phenoxy) is 1. The number of fused-ring (bicyclic) bond motifs is 2. The Bertz CT molecular complexity index is 498. The molecule has 0 spiro atoms. The lowest BCUT2D eigenvalue weighted by molar-refractivity contribution is -0.121. The standard InChI is InChI=1S/C16H21NO2/c1-10-3-6-15(19-2)14(7-10)17-16(18)13-9-11-4-5-12(13)8-11/h3,6-7,11-13H,4-5,8-9H2,1-2H3,(H,17,18)/t11-,12-,13-/m0/s1. The molecule has 3 nitrogen and oxygen atoms in total. The maximum Gasteiger partial charge on any atom is 0.227 e. The average Bonchev–Trinajstić information content (AvgIpc) is 3.01. The Morgan fingerprint density at radius 3 is 2.79 bits per heavy atom. The Morgan fingerprint density at radius 2 is 2.16 bits per heavy atom. The number of amides is 1. The first kappa shape index (κ1) is 12.5. The SMILES string of the molecule is COc1ccc(C)cc1NC(=O)[C@H]1C[C@H]2CC[C@H]1C2. The van der Waals surface area contributed by atoms with Crippen LogP contribution in [0.4, 0.5) is 5.69 Å². The number of benzene rings is 1. The molecule has 0 saturated heterocycles. The van der Waals surface area contributed by atoms with Gasteiger partial charge in [-0.05, 0) is 55.7 Å². The van der Waals surface area contributed by atoms with Crippen molar-refractivity contribution in [2.24, 2.45) is 17.8 Å². The molecule has 2 fully saturated rings. The van der Waals surface area contributed by atoms with Gasteiger partial charge in [-0.25, -0.2) is 0 Å². The summed E-state index contributed by atoms with van der Waals surface area (Å²) in [5, 5.41) is 3.07. The van der Waals surface area contributed by atoms with Crippen molar-refractivity contribution >= 4 is 11.6 Å². The highest BCUT2D eigenvalue weighted by atomic mass is 16.5. The number of nitrogens with one attached hydrogen (secondary N) is 1. The minimum Gasteiger partial charge on any atom is -0.495 e. The maximum absolute atomic E-state index is 12.4. The lowest BCUT2D eigenvalue weighted by Crippen LogP contribution is -2.27. The zero-order valence-corrected chi connectivity index (χ0v) is 11.6. The van der Waals surface area contributed by atoms with E-state index >= 15 is 0 Å². The predicted octanol–water partition coefficient (Wildman–Crippen LogP) is 3.38. The molecule has 3 rings (SSSR count). The van der Waals surface area contributed by atoms with E-state index < -0.39 is 0 Å². The second kappa shape index (κ2) is 4.87. The van der Waals surface area contributed by atoms with Crippen LogP contribution in [0.5, 0.6) is 5.75 Å². The molecule has 19 heavy (non-hydrogen) atoms. The minimum absolute atomic E-state index is 0.177. The monoisotopic (exact) mass is 259 g/mol. The van der Waals surface area contributed by atoms with Crippen molar-refractivity contribution in [3.8, 4) is 5.75 Å². The van der Waals surface area contributed by atoms with Crippen LogP contribution in [-0.2, 0) is 4.79 Å². The molecule has 3 atom stereocenters. The minimum atomic E-state index is 0.177. The van der Waals surface area contributed by atoms with E-state index in [1.807, 2.05) is 25.1 Å². The van der Waals surface area contributed by atoms with Gasteiger partial charge in [-0.2, -0.15) is 0 Å². The normalized spacial score (nSPS) is 28.4. The summed E-state index contributed by atoms with van der Waals surface area (Å²) in [6.07, 6.45) is 4.88. The molecule has 0 unspecified atom stereocenters. The smallest absolute Gasteiger partial charge is 0.227 e. The number of aryl methyl sites for hydroxylation is 1. The third-order valence-corrected chi connectivity index (χ3v) is 4.69. The van der Waals surface area contributed by atoms with Gasteiger partial charge < -0.3 is 10.1 Å². The summed E-state index contributed by atoms with van der Waals surface area (Å²) in [6.45, 7) is 2.02. The molecule has 2 aliphatic rings. The van der Waals surface area contributed by atoms with Crippen molar-refractivity contribution in [1.82, 2.24) is 0 Å². The van der Waals surface area contributed by atoms with Gasteiger partial charge in [0.05, 0.1) is 12.8 Å². The molecule has 1 aromatic carbocycles. The molecular formula is C16H21NO2. The van der Waals surface area contributed by atoms with Crippen LogP contribution in [0.2, 0.25) is 0 Å². The van der Waals surface area contributed by atoms with Crippen molar-refractivity contribution in [3.63, 3.8) is 0 Å². The molecule has 102 valence electrons. The third kappa shape index (κ3) is 2.34. The first-order valence-corrected chi connectivity index (χ1v) is 7.13. The number of carbonyl (C=O) groups is 1. The van der Waals surface area contributed by atoms with E-state index in [-0.39, 0.29) is 11.8 Å². The van der Waals surface area contributed by atoms with E-state index in [1.54, 1.807) is 7.11 Å². The van der Waals surface area contributed by atoms with Gasteiger partial charge in [0.25, 0.3) is 0 Å². The van der Waals surface area contributed by atoms with Gasteiger partial charge in [-0.15, -0.1) is 0 Å². The molecule has 3 heteroatoms. The molecule has 2 aliphatic carbocycles. The Hall–Kier alpha value is -1.51. The van der Waals surface area contributed by atoms with E-state index in [0.29, 0.717) is 5.92 Å². The molecule has 0 aliphatic heterocycles. The molecule has 2 saturated carbocycles. The Labute approximate surface area is 114 Å². The number of methoxy groups -OCH3 is 1. The summed E-state index contributed by atoms with van der Waals surface area (Å²) in [4.78, 5) is 12.4. The number of rotatable bonds is 3. The number of anilines is 1. The second-order valence-electron chi connectivity index (χ2n) is 5.97. The average molecular weight is 259 g/mol. The zero-order chi connectivity index (χ0) is 13.4. The van der Waals surface area contributed by atoms with E-state index in [4.69, 9.17) is 4.74 Å². The van der Waals surface area contributed by atoms with Crippen LogP contribution in [0.3, 0.4) is 0 Å². The van der Waals surface area contributed by atoms with Gasteiger partial charge in [-0.3, -0.25) is 4.79 Å². The summed E-state index contributed by atoms with van der Waals surface area (Å²) < 4.78 is 5.31. The topological polar surface area (TPSA) is 38.3 Å². The highest BCUT2D eigenvalue weighted by Crippen LogP contribution is 2.48. The number of hydrogen-bond donors (Lipinski definition) is 1. The molecule has 2 bridgehead atoms. The lowest BCUT2D eigenvalue weighted by Gasteiger charge is -2.21. The Kier molecular flexibility index (Phi) is 3.21. The van der Waals surface area contributed by atoms with Crippen molar-refractivity contribution in [3.05, 3.63) is 23.8 Å². The van der Waals surface area contributed by atoms with Crippen LogP contribution < -0.4 is 10.1 Å². The summed E-state index contributed by atoms with van der Waals surface area (Å²) >= 11 is 0. The third-order valence-electron chi connectivity index (χ3n) is 4.69. The van der Waals surface area contributed by atoms with E-state index in [2.05, 4.69) is 5.32 Å². The van der Waals surface area contributed by atoms with Crippen LogP contribution in [0, 0.1) is 24.7 Å². The fraction of sp³-hybridized carbons (Fsp3) is 0.562. The Balaban J connectivity index is 1.74. The summed E-state index contributed by atoms with van der Waals surface area (Å²) in [5.41, 5.74) is 1.93. The zero-order valence-electron chi connectivity index (χ0n) is 11.6. The summed E-state index contributed by atoms with van der Waals surface area (Å²) in [5.74, 6) is 2.53. The Morgan fingerprint density at radius 1 is 1.32 bits per heavy atom. The van der Waals surface area contributed by atoms with Gasteiger partial charge in [-0.1, -0.05) is 12.5 Å². The predicted molar refractivity (Wildman–Crippen MR) is 75.3 cm³/mol. The van der Waals surface area contributed by atoms with Gasteiger partial charge >= 0.3 is 0 Å². The van der Waals surface area contributed by atoms with Crippen LogP contribution in [0.25, 0.3) is 0 Å². The first-order valence-electron chi connectivity index (χ1n) is 7.13. The van der Waals surface area contributed by atoms with Crippen LogP contribution in [-0.4, -0.2) is 13.0 Å². The van der Waals surface area contributed by atoms with Crippen molar-refractivity contribution in [1.29, 1.82) is 0 Å². The fourth-order valence-electron chi connectivity index (χ4n) is 3.71. The summed E-state index contributed by atoms with van der Waals surface area (Å²) in [7, 11) is 1.64. The summed E-state index contributed by atoms with van der Waals surface area (Å²) in [6, 6.07) is 5.88. The molecule has 0 radical (unpaired) electrons. The maximum atomic E-state index is 12.4. The van der Waals surface area contributed by atoms with Crippen molar-refractivity contribution in [2.75, 3.05) is 12.4 Å². The fourth-order valence-corrected chi connectivity index (χ4v) is 3.71. The van der Waals surface area contributed by atoms with Gasteiger partial charge in [0, 0.05) is 5.92 Å². The van der Waals surface area contributed by atoms with Gasteiger partial charge in [0.15, 0.2) is 0 Å². The molecular weight excluding hydrogens is 238 g/mol. The van der Waals surface area contributed by atoms with Crippen LogP contribution in [0.15, 0.2) is 18.2 Å². The first-order chi connectivity index (χ1) is 9.17. The van der Waals surface area contributed by atoms with E-state index in [1.165, 1.54) is 19.3 Å². The van der Waals surface area contributed by atoms with Crippen molar-refractivity contribution < 1.29 is 9.53 Å². The molecule has 1 N–H and O–H groups in total. The molecule has 0 aromatic heterocycles. The quantitative estimate of drug-likeness (QED) is 0.903. The molecule has 1 amide bonds. The van der Waals surface area contributed by atoms with Gasteiger partial charge in [0.1, 0.15) is 5.75 Å². The van der Waals surface area contributed by atoms with Crippen LogP contribution >= 0.6 is 0 Å². The highest BCUT2D eigenvalue weighted by Gasteiger charge is 2.43. The van der Waals surface area contributed by atoms with Crippen molar-refractivity contribution in [2.45, 2.75) is 32.6 Å². The van der Waals surface area contributed by atoms with E-state index in [0.717, 1.165) is 29.3 Å². The van der Waals surface area contributed by atoms with Gasteiger partial charge in [0.2, 0.25) is 5.91 Å². The molecule has 0 heterocycles. The van der Waals surface area contributed by atoms with Crippen LogP contribution in [0.1, 0.15) is 31.2 Å². The number of carbonyl (C=O) groups excluding carboxylic acids is 1.